The van der Waals surface area contributed by atoms with Crippen molar-refractivity contribution in [3.05, 3.63) is 12.2 Å². The molecule has 2 heteroatoms. The Morgan fingerprint density at radius 3 is 1.40 bits per heavy atom. The number of rotatable bonds is 16. The van der Waals surface area contributed by atoms with Gasteiger partial charge in [0.2, 0.25) is 0 Å². The Labute approximate surface area is 141 Å². The van der Waals surface area contributed by atoms with Gasteiger partial charge in [0.05, 0.1) is 0 Å². The van der Waals surface area contributed by atoms with Crippen LogP contribution >= 0.6 is 0 Å². The Morgan fingerprint density at radius 1 is 0.550 bits per heavy atom. The summed E-state index contributed by atoms with van der Waals surface area (Å²) in [6.45, 7) is 0.864. The van der Waals surface area contributed by atoms with E-state index < -0.39 is 0 Å². The second-order valence-corrected chi connectivity index (χ2v) is 7.52. The molecular weight excluding hydrogens is 349 g/mol. The number of nitrogens with two attached hydrogens (primary N) is 1. The van der Waals surface area contributed by atoms with Crippen LogP contribution in [0.25, 0.3) is 0 Å². The van der Waals surface area contributed by atoms with Crippen molar-refractivity contribution in [1.29, 1.82) is 0 Å². The van der Waals surface area contributed by atoms with Crippen LogP contribution in [0.2, 0.25) is 4.44 Å². The van der Waals surface area contributed by atoms with Crippen LogP contribution in [0.3, 0.4) is 0 Å². The second kappa shape index (κ2) is 19.5. The van der Waals surface area contributed by atoms with Crippen molar-refractivity contribution in [2.24, 2.45) is 5.73 Å². The van der Waals surface area contributed by atoms with Crippen LogP contribution in [0, 0.1) is 0 Å². The summed E-state index contributed by atoms with van der Waals surface area (Å²) in [5, 5.41) is 0. The van der Waals surface area contributed by atoms with E-state index in [-0.39, 0.29) is 0 Å². The quantitative estimate of drug-likeness (QED) is 0.218. The van der Waals surface area contributed by atoms with Crippen molar-refractivity contribution in [1.82, 2.24) is 0 Å². The topological polar surface area (TPSA) is 26.0 Å². The van der Waals surface area contributed by atoms with Crippen LogP contribution in [-0.2, 0) is 0 Å². The molecule has 0 fully saturated rings. The summed E-state index contributed by atoms with van der Waals surface area (Å²) in [6.07, 6.45) is 24.2. The average molecular weight is 386 g/mol. The maximum absolute atomic E-state index is 5.48. The summed E-state index contributed by atoms with van der Waals surface area (Å²) in [7, 11) is 0. The fourth-order valence-corrected chi connectivity index (χ4v) is 3.29. The zero-order chi connectivity index (χ0) is 14.7. The van der Waals surface area contributed by atoms with Gasteiger partial charge < -0.3 is 5.73 Å². The molecule has 0 spiro atoms. The molecule has 0 aliphatic rings. The van der Waals surface area contributed by atoms with Gasteiger partial charge in [0, 0.05) is 0 Å². The van der Waals surface area contributed by atoms with E-state index in [0.29, 0.717) is 0 Å². The van der Waals surface area contributed by atoms with E-state index in [0.717, 1.165) is 6.54 Å². The molecule has 0 unspecified atom stereocenters. The molecule has 2 radical (unpaired) electrons. The molecule has 20 heavy (non-hydrogen) atoms. The first-order chi connectivity index (χ1) is 9.91. The predicted octanol–water partition coefficient (Wildman–Crippen LogP) is 5.28. The fraction of sp³-hybridized carbons (Fsp3) is 0.889. The Hall–Kier alpha value is 0.499. The molecule has 2 N–H and O–H groups in total. The number of unbranched alkanes of at least 4 members (excludes halogenated alkanes) is 12. The van der Waals surface area contributed by atoms with Crippen LogP contribution in [0.4, 0.5) is 0 Å². The van der Waals surface area contributed by atoms with Crippen molar-refractivity contribution < 1.29 is 0 Å². The average Bonchev–Trinajstić information content (AvgIpc) is 2.47. The van der Waals surface area contributed by atoms with Gasteiger partial charge in [-0.1, -0.05) is 25.7 Å². The molecule has 0 aromatic carbocycles. The standard InChI is InChI=1S/C18H36N.Sn.H/c1-2-3-4-5-6-7-8-9-10-11-12-13-14-15-16-17-18-19;;/h9-10H,1-8,11-19H2;;/b10-9-;;. The van der Waals surface area contributed by atoms with Crippen molar-refractivity contribution in [2.75, 3.05) is 6.54 Å². The summed E-state index contributed by atoms with van der Waals surface area (Å²) in [6, 6.07) is 0. The van der Waals surface area contributed by atoms with Gasteiger partial charge >= 0.3 is 96.9 Å². The van der Waals surface area contributed by atoms with Gasteiger partial charge in [-0.05, 0) is 13.0 Å². The Morgan fingerprint density at radius 2 is 0.950 bits per heavy atom. The van der Waals surface area contributed by atoms with E-state index in [2.05, 4.69) is 12.2 Å². The fourth-order valence-electron chi connectivity index (χ4n) is 2.46. The molecule has 0 aromatic heterocycles. The Kier molecular flexibility index (Phi) is 20.0. The van der Waals surface area contributed by atoms with Crippen LogP contribution in [0.15, 0.2) is 12.2 Å². The van der Waals surface area contributed by atoms with Gasteiger partial charge in [-0.3, -0.25) is 0 Å². The first-order valence-corrected chi connectivity index (χ1v) is 11.3. The van der Waals surface area contributed by atoms with E-state index in [1.54, 1.807) is 0 Å². The molecule has 1 nitrogen and oxygen atoms in total. The normalized spacial score (nSPS) is 11.5. The number of hydrogen-bond acceptors (Lipinski definition) is 1. The molecule has 0 aliphatic heterocycles. The minimum atomic E-state index is 0.864. The summed E-state index contributed by atoms with van der Waals surface area (Å²) < 4.78 is 1.49. The first-order valence-electron chi connectivity index (χ1n) is 8.97. The van der Waals surface area contributed by atoms with E-state index in [1.807, 2.05) is 0 Å². The molecule has 0 heterocycles. The molecule has 0 atom stereocenters. The molecule has 0 amide bonds. The van der Waals surface area contributed by atoms with E-state index in [4.69, 9.17) is 5.73 Å². The molecular formula is C18H37NSn. The van der Waals surface area contributed by atoms with Crippen LogP contribution in [0.5, 0.6) is 0 Å². The van der Waals surface area contributed by atoms with Crippen LogP contribution < -0.4 is 5.73 Å². The zero-order valence-electron chi connectivity index (χ0n) is 13.6. The molecule has 0 saturated carbocycles. The van der Waals surface area contributed by atoms with Crippen molar-refractivity contribution >= 4 is 22.5 Å². The van der Waals surface area contributed by atoms with Gasteiger partial charge in [-0.15, -0.1) is 0 Å². The van der Waals surface area contributed by atoms with Gasteiger partial charge in [0.15, 0.2) is 0 Å². The molecule has 0 aliphatic carbocycles. The molecule has 0 aromatic rings. The number of hydrogen-bond donors (Lipinski definition) is 1. The van der Waals surface area contributed by atoms with Crippen molar-refractivity contribution in [3.8, 4) is 0 Å². The zero-order valence-corrected chi connectivity index (χ0v) is 16.9. The van der Waals surface area contributed by atoms with Gasteiger partial charge in [0.1, 0.15) is 0 Å². The summed E-state index contributed by atoms with van der Waals surface area (Å²) in [5.41, 5.74) is 5.48. The van der Waals surface area contributed by atoms with Crippen molar-refractivity contribution in [2.45, 2.75) is 94.3 Å². The molecule has 118 valence electrons. The van der Waals surface area contributed by atoms with Gasteiger partial charge in [0.25, 0.3) is 0 Å². The molecule has 0 rings (SSSR count). The second-order valence-electron chi connectivity index (χ2n) is 5.87. The van der Waals surface area contributed by atoms with Gasteiger partial charge in [-0.2, -0.15) is 0 Å². The third-order valence-corrected chi connectivity index (χ3v) is 4.98. The first kappa shape index (κ1) is 20.5. The third kappa shape index (κ3) is 18.5. The van der Waals surface area contributed by atoms with Gasteiger partial charge in [-0.25, -0.2) is 0 Å². The number of allylic oxidation sites excluding steroid dienone is 2. The third-order valence-electron chi connectivity index (χ3n) is 3.82. The summed E-state index contributed by atoms with van der Waals surface area (Å²) in [4.78, 5) is 0. The van der Waals surface area contributed by atoms with E-state index >= 15 is 0 Å². The van der Waals surface area contributed by atoms with Crippen LogP contribution in [0.1, 0.15) is 89.9 Å². The van der Waals surface area contributed by atoms with E-state index in [9.17, 15) is 0 Å². The maximum atomic E-state index is 5.48. The molecule has 0 bridgehead atoms. The van der Waals surface area contributed by atoms with E-state index in [1.165, 1.54) is 117 Å². The predicted molar refractivity (Wildman–Crippen MR) is 94.8 cm³/mol. The molecule has 0 saturated heterocycles. The Balaban J connectivity index is 3.01. The minimum absolute atomic E-state index is 0.864. The summed E-state index contributed by atoms with van der Waals surface area (Å²) in [5.74, 6) is 0. The van der Waals surface area contributed by atoms with Crippen molar-refractivity contribution in [3.63, 3.8) is 0 Å². The van der Waals surface area contributed by atoms with Crippen LogP contribution in [-0.4, -0.2) is 29.1 Å². The Bertz CT molecular complexity index is 172. The SMILES string of the molecule is NCCCCCCCC/C=C\CCCCCCC[CH2][SnH]. The monoisotopic (exact) mass is 387 g/mol. The summed E-state index contributed by atoms with van der Waals surface area (Å²) >= 11 is 1.45.